The molecule has 0 spiro atoms. The van der Waals surface area contributed by atoms with Crippen LogP contribution in [0.15, 0.2) is 15.8 Å². The first kappa shape index (κ1) is 17.3. The zero-order valence-corrected chi connectivity index (χ0v) is 12.5. The molecule has 2 heterocycles. The summed E-state index contributed by atoms with van der Waals surface area (Å²) >= 11 is 0. The lowest BCUT2D eigenvalue weighted by Crippen LogP contribution is -2.46. The number of nitrogens with zero attached hydrogens (tertiary/aromatic N) is 2. The van der Waals surface area contributed by atoms with Gasteiger partial charge in [-0.15, -0.1) is 0 Å². The van der Waals surface area contributed by atoms with Crippen molar-refractivity contribution in [1.29, 1.82) is 0 Å². The normalized spacial score (nSPS) is 25.5. The molecule has 1 aliphatic heterocycles. The summed E-state index contributed by atoms with van der Waals surface area (Å²) in [5, 5.41) is 28.4. The number of aryl methyl sites for hydroxylation is 1. The summed E-state index contributed by atoms with van der Waals surface area (Å²) < 4.78 is 7.16. The fourth-order valence-corrected chi connectivity index (χ4v) is 2.44. The minimum absolute atomic E-state index is 0.0567. The van der Waals surface area contributed by atoms with Gasteiger partial charge < -0.3 is 25.8 Å². The number of amides is 1. The number of nitrogens with two attached hydrogens (primary N) is 1. The first-order valence-electron chi connectivity index (χ1n) is 7.00. The quantitative estimate of drug-likeness (QED) is 0.443. The van der Waals surface area contributed by atoms with E-state index >= 15 is 0 Å². The molecule has 1 fully saturated rings. The molecule has 0 radical (unpaired) electrons. The van der Waals surface area contributed by atoms with Crippen LogP contribution in [0.2, 0.25) is 0 Å². The van der Waals surface area contributed by atoms with Gasteiger partial charge in [0.05, 0.1) is 19.3 Å². The molecule has 10 nitrogen and oxygen atoms in total. The van der Waals surface area contributed by atoms with Crippen LogP contribution in [-0.4, -0.2) is 55.3 Å². The smallest absolute Gasteiger partial charge is 0.333 e. The van der Waals surface area contributed by atoms with Gasteiger partial charge in [-0.1, -0.05) is 0 Å². The van der Waals surface area contributed by atoms with Crippen molar-refractivity contribution in [3.63, 3.8) is 0 Å². The highest BCUT2D eigenvalue weighted by Gasteiger charge is 2.35. The highest BCUT2D eigenvalue weighted by molar-refractivity contribution is 5.78. The Hall–Kier alpha value is -2.01. The van der Waals surface area contributed by atoms with Crippen LogP contribution >= 0.6 is 0 Å². The average Bonchev–Trinajstić information content (AvgIpc) is 2.87. The number of ether oxygens (including phenoxy) is 1. The highest BCUT2D eigenvalue weighted by atomic mass is 16.5. The summed E-state index contributed by atoms with van der Waals surface area (Å²) in [4.78, 5) is 35.4. The molecule has 5 N–H and O–H groups in total. The van der Waals surface area contributed by atoms with E-state index < -0.39 is 54.8 Å². The van der Waals surface area contributed by atoms with E-state index in [4.69, 9.17) is 15.6 Å². The molecule has 128 valence electrons. The summed E-state index contributed by atoms with van der Waals surface area (Å²) in [5.74, 6) is -1.06. The van der Waals surface area contributed by atoms with Gasteiger partial charge in [-0.3, -0.25) is 18.7 Å². The third-order valence-electron chi connectivity index (χ3n) is 3.75. The largest absolute Gasteiger partial charge is 0.394 e. The number of aliphatic hydroxyl groups is 3. The fraction of sp³-hybridized carbons (Fsp3) is 0.615. The number of rotatable bonds is 5. The SMILES string of the molecule is Cc1cn([C@H]2C[C@H](O)[C@@H](CO)O2)c(=O)n(CC(O)C(N)=O)c1=O. The minimum atomic E-state index is -1.68. The Labute approximate surface area is 130 Å². The third kappa shape index (κ3) is 3.34. The van der Waals surface area contributed by atoms with Crippen LogP contribution in [0.4, 0.5) is 0 Å². The van der Waals surface area contributed by atoms with Crippen molar-refractivity contribution in [2.24, 2.45) is 5.73 Å². The zero-order chi connectivity index (χ0) is 17.3. The van der Waals surface area contributed by atoms with Crippen molar-refractivity contribution in [3.8, 4) is 0 Å². The topological polar surface area (TPSA) is 157 Å². The molecular weight excluding hydrogens is 310 g/mol. The molecule has 1 unspecified atom stereocenters. The molecule has 2 rings (SSSR count). The second-order valence-electron chi connectivity index (χ2n) is 5.45. The van der Waals surface area contributed by atoms with E-state index in [0.29, 0.717) is 4.57 Å². The second-order valence-corrected chi connectivity index (χ2v) is 5.45. The number of carbonyl (C=O) groups excluding carboxylic acids is 1. The van der Waals surface area contributed by atoms with Gasteiger partial charge in [0, 0.05) is 18.2 Å². The maximum atomic E-state index is 12.4. The molecule has 1 aromatic heterocycles. The van der Waals surface area contributed by atoms with Crippen LogP contribution in [-0.2, 0) is 16.1 Å². The molecule has 1 amide bonds. The minimum Gasteiger partial charge on any atom is -0.394 e. The Bertz CT molecular complexity index is 711. The number of primary amides is 1. The third-order valence-corrected chi connectivity index (χ3v) is 3.75. The van der Waals surface area contributed by atoms with Crippen LogP contribution in [0.3, 0.4) is 0 Å². The lowest BCUT2D eigenvalue weighted by atomic mass is 10.2. The molecule has 0 bridgehead atoms. The van der Waals surface area contributed by atoms with Crippen LogP contribution in [0.5, 0.6) is 0 Å². The standard InChI is InChI=1S/C13H19N3O7/c1-6-3-15(10-2-7(18)9(5-17)23-10)13(22)16(12(6)21)4-8(19)11(14)20/h3,7-10,17-19H,2,4-5H2,1H3,(H2,14,20)/t7-,8?,9+,10+/m0/s1. The van der Waals surface area contributed by atoms with Gasteiger partial charge >= 0.3 is 5.69 Å². The van der Waals surface area contributed by atoms with E-state index in [-0.39, 0.29) is 12.0 Å². The Morgan fingerprint density at radius 2 is 2.17 bits per heavy atom. The molecule has 0 saturated carbocycles. The summed E-state index contributed by atoms with van der Waals surface area (Å²) in [7, 11) is 0. The molecule has 0 aliphatic carbocycles. The van der Waals surface area contributed by atoms with Gasteiger partial charge in [-0.25, -0.2) is 4.79 Å². The predicted octanol–water partition coefficient (Wildman–Crippen LogP) is -3.19. The Kier molecular flexibility index (Phi) is 5.00. The number of hydrogen-bond donors (Lipinski definition) is 4. The zero-order valence-electron chi connectivity index (χ0n) is 12.5. The van der Waals surface area contributed by atoms with Gasteiger partial charge in [0.2, 0.25) is 5.91 Å². The Balaban J connectivity index is 2.43. The number of aliphatic hydroxyl groups excluding tert-OH is 3. The van der Waals surface area contributed by atoms with Gasteiger partial charge in [0.1, 0.15) is 12.3 Å². The summed E-state index contributed by atoms with van der Waals surface area (Å²) in [6.45, 7) is 0.471. The molecule has 4 atom stereocenters. The van der Waals surface area contributed by atoms with Crippen molar-refractivity contribution in [2.75, 3.05) is 6.61 Å². The summed E-state index contributed by atoms with van der Waals surface area (Å²) in [6.07, 6.45) is -3.00. The van der Waals surface area contributed by atoms with Crippen LogP contribution in [0.25, 0.3) is 0 Å². The van der Waals surface area contributed by atoms with Gasteiger partial charge in [0.15, 0.2) is 6.10 Å². The van der Waals surface area contributed by atoms with E-state index in [9.17, 15) is 24.6 Å². The van der Waals surface area contributed by atoms with Crippen LogP contribution in [0, 0.1) is 6.92 Å². The van der Waals surface area contributed by atoms with E-state index in [1.807, 2.05) is 0 Å². The maximum Gasteiger partial charge on any atom is 0.333 e. The molecule has 1 aromatic rings. The summed E-state index contributed by atoms with van der Waals surface area (Å²) in [5.41, 5.74) is 3.65. The van der Waals surface area contributed by atoms with Crippen LogP contribution in [0.1, 0.15) is 18.2 Å². The number of aromatic nitrogens is 2. The number of hydrogen-bond acceptors (Lipinski definition) is 7. The van der Waals surface area contributed by atoms with Gasteiger partial charge in [0.25, 0.3) is 5.56 Å². The molecule has 10 heteroatoms. The molecule has 0 aromatic carbocycles. The molecule has 1 saturated heterocycles. The average molecular weight is 329 g/mol. The van der Waals surface area contributed by atoms with Gasteiger partial charge in [-0.2, -0.15) is 0 Å². The van der Waals surface area contributed by atoms with E-state index in [1.54, 1.807) is 0 Å². The molecule has 23 heavy (non-hydrogen) atoms. The molecular formula is C13H19N3O7. The van der Waals surface area contributed by atoms with E-state index in [0.717, 1.165) is 4.57 Å². The Morgan fingerprint density at radius 1 is 1.52 bits per heavy atom. The van der Waals surface area contributed by atoms with Crippen LogP contribution < -0.4 is 17.0 Å². The van der Waals surface area contributed by atoms with Crippen molar-refractivity contribution >= 4 is 5.91 Å². The second kappa shape index (κ2) is 6.62. The first-order chi connectivity index (χ1) is 10.8. The van der Waals surface area contributed by atoms with Crippen molar-refractivity contribution in [1.82, 2.24) is 9.13 Å². The fourth-order valence-electron chi connectivity index (χ4n) is 2.44. The van der Waals surface area contributed by atoms with Crippen molar-refractivity contribution in [3.05, 3.63) is 32.6 Å². The lowest BCUT2D eigenvalue weighted by molar-refractivity contribution is -0.126. The highest BCUT2D eigenvalue weighted by Crippen LogP contribution is 2.27. The van der Waals surface area contributed by atoms with E-state index in [2.05, 4.69) is 0 Å². The monoisotopic (exact) mass is 329 g/mol. The van der Waals surface area contributed by atoms with Crippen molar-refractivity contribution in [2.45, 2.75) is 44.4 Å². The van der Waals surface area contributed by atoms with Gasteiger partial charge in [-0.05, 0) is 6.92 Å². The Morgan fingerprint density at radius 3 is 2.70 bits per heavy atom. The summed E-state index contributed by atoms with van der Waals surface area (Å²) in [6, 6.07) is 0. The first-order valence-corrected chi connectivity index (χ1v) is 7.00. The number of carbonyl (C=O) groups is 1. The lowest BCUT2D eigenvalue weighted by Gasteiger charge is -2.18. The predicted molar refractivity (Wildman–Crippen MR) is 76.5 cm³/mol. The van der Waals surface area contributed by atoms with E-state index in [1.165, 1.54) is 13.1 Å². The molecule has 1 aliphatic rings. The van der Waals surface area contributed by atoms with Crippen molar-refractivity contribution < 1.29 is 24.9 Å². The maximum absolute atomic E-state index is 12.4.